The molecule has 0 spiro atoms. The van der Waals surface area contributed by atoms with Crippen LogP contribution in [0.5, 0.6) is 0 Å². The van der Waals surface area contributed by atoms with Crippen LogP contribution in [0.4, 0.5) is 8.78 Å². The number of benzene rings is 1. The Morgan fingerprint density at radius 1 is 1.32 bits per heavy atom. The van der Waals surface area contributed by atoms with Crippen molar-refractivity contribution in [3.63, 3.8) is 0 Å². The van der Waals surface area contributed by atoms with Crippen molar-refractivity contribution in [2.45, 2.75) is 45.4 Å². The number of likely N-dealkylation sites (tertiary alicyclic amines) is 1. The smallest absolute Gasteiger partial charge is 0.228 e. The SMILES string of the molecule is CC1(C(=O)N2CCCC(CCc3c(F)cccc3F)C2)CC1. The van der Waals surface area contributed by atoms with E-state index in [4.69, 9.17) is 0 Å². The maximum Gasteiger partial charge on any atom is 0.228 e. The summed E-state index contributed by atoms with van der Waals surface area (Å²) in [5.74, 6) is -0.309. The van der Waals surface area contributed by atoms with E-state index in [-0.39, 0.29) is 16.9 Å². The van der Waals surface area contributed by atoms with Crippen LogP contribution in [0.3, 0.4) is 0 Å². The molecule has 1 saturated heterocycles. The van der Waals surface area contributed by atoms with E-state index in [9.17, 15) is 13.6 Å². The summed E-state index contributed by atoms with van der Waals surface area (Å²) < 4.78 is 27.3. The Balaban J connectivity index is 1.58. The molecule has 0 radical (unpaired) electrons. The first-order valence-corrected chi connectivity index (χ1v) is 8.22. The Labute approximate surface area is 130 Å². The van der Waals surface area contributed by atoms with Gasteiger partial charge < -0.3 is 4.90 Å². The fourth-order valence-corrected chi connectivity index (χ4v) is 3.39. The Kier molecular flexibility index (Phi) is 4.20. The maximum atomic E-state index is 13.7. The van der Waals surface area contributed by atoms with Gasteiger partial charge in [-0.25, -0.2) is 8.78 Å². The molecule has 1 aromatic rings. The van der Waals surface area contributed by atoms with Gasteiger partial charge in [0.2, 0.25) is 5.91 Å². The molecule has 0 aromatic heterocycles. The minimum absolute atomic E-state index is 0.125. The first-order chi connectivity index (χ1) is 10.5. The molecule has 1 aliphatic carbocycles. The molecule has 3 rings (SSSR count). The number of carbonyl (C=O) groups excluding carboxylic acids is 1. The van der Waals surface area contributed by atoms with Crippen LogP contribution in [-0.4, -0.2) is 23.9 Å². The van der Waals surface area contributed by atoms with Crippen LogP contribution in [-0.2, 0) is 11.2 Å². The number of piperidine rings is 1. The van der Waals surface area contributed by atoms with Gasteiger partial charge in [-0.1, -0.05) is 13.0 Å². The van der Waals surface area contributed by atoms with E-state index >= 15 is 0 Å². The van der Waals surface area contributed by atoms with Crippen LogP contribution in [0.2, 0.25) is 0 Å². The fourth-order valence-electron chi connectivity index (χ4n) is 3.39. The van der Waals surface area contributed by atoms with Crippen LogP contribution in [0, 0.1) is 23.0 Å². The van der Waals surface area contributed by atoms with Crippen LogP contribution in [0.25, 0.3) is 0 Å². The lowest BCUT2D eigenvalue weighted by Gasteiger charge is -2.34. The number of amides is 1. The predicted octanol–water partition coefficient (Wildman–Crippen LogP) is 3.94. The molecule has 1 aliphatic heterocycles. The Hall–Kier alpha value is -1.45. The molecule has 0 bridgehead atoms. The number of rotatable bonds is 4. The van der Waals surface area contributed by atoms with E-state index in [0.717, 1.165) is 45.2 Å². The molecule has 1 heterocycles. The van der Waals surface area contributed by atoms with Crippen molar-refractivity contribution in [3.05, 3.63) is 35.4 Å². The summed E-state index contributed by atoms with van der Waals surface area (Å²) in [7, 11) is 0. The van der Waals surface area contributed by atoms with Gasteiger partial charge in [0.25, 0.3) is 0 Å². The maximum absolute atomic E-state index is 13.7. The highest BCUT2D eigenvalue weighted by atomic mass is 19.1. The third-order valence-electron chi connectivity index (χ3n) is 5.19. The number of carbonyl (C=O) groups is 1. The largest absolute Gasteiger partial charge is 0.342 e. The van der Waals surface area contributed by atoms with Gasteiger partial charge in [0, 0.05) is 24.1 Å². The number of hydrogen-bond donors (Lipinski definition) is 0. The third-order valence-corrected chi connectivity index (χ3v) is 5.19. The molecule has 22 heavy (non-hydrogen) atoms. The summed E-state index contributed by atoms with van der Waals surface area (Å²) in [5.41, 5.74) is 0.0552. The average Bonchev–Trinajstić information content (AvgIpc) is 3.25. The normalized spacial score (nSPS) is 23.4. The highest BCUT2D eigenvalue weighted by Gasteiger charge is 2.47. The first kappa shape index (κ1) is 15.4. The van der Waals surface area contributed by atoms with E-state index in [1.165, 1.54) is 18.2 Å². The molecule has 2 aliphatic rings. The van der Waals surface area contributed by atoms with Gasteiger partial charge in [0.05, 0.1) is 0 Å². The summed E-state index contributed by atoms with van der Waals surface area (Å²) >= 11 is 0. The molecule has 0 N–H and O–H groups in total. The molecular formula is C18H23F2NO. The number of nitrogens with zero attached hydrogens (tertiary/aromatic N) is 1. The van der Waals surface area contributed by atoms with Crippen LogP contribution < -0.4 is 0 Å². The van der Waals surface area contributed by atoms with Crippen molar-refractivity contribution in [3.8, 4) is 0 Å². The predicted molar refractivity (Wildman–Crippen MR) is 81.3 cm³/mol. The summed E-state index contributed by atoms with van der Waals surface area (Å²) in [6.07, 6.45) is 5.16. The van der Waals surface area contributed by atoms with Gasteiger partial charge >= 0.3 is 0 Å². The molecule has 2 fully saturated rings. The van der Waals surface area contributed by atoms with Crippen LogP contribution in [0.1, 0.15) is 44.6 Å². The van der Waals surface area contributed by atoms with E-state index in [2.05, 4.69) is 0 Å². The monoisotopic (exact) mass is 307 g/mol. The van der Waals surface area contributed by atoms with Crippen LogP contribution in [0.15, 0.2) is 18.2 Å². The first-order valence-electron chi connectivity index (χ1n) is 8.22. The third kappa shape index (κ3) is 3.16. The molecule has 2 nitrogen and oxygen atoms in total. The zero-order valence-corrected chi connectivity index (χ0v) is 13.1. The second-order valence-electron chi connectivity index (χ2n) is 7.06. The number of halogens is 2. The summed E-state index contributed by atoms with van der Waals surface area (Å²) in [4.78, 5) is 14.4. The van der Waals surface area contributed by atoms with Crippen molar-refractivity contribution < 1.29 is 13.6 Å². The molecule has 1 saturated carbocycles. The Morgan fingerprint density at radius 3 is 2.64 bits per heavy atom. The zero-order valence-electron chi connectivity index (χ0n) is 13.1. The molecule has 4 heteroatoms. The molecule has 1 unspecified atom stereocenters. The van der Waals surface area contributed by atoms with Crippen molar-refractivity contribution in [2.24, 2.45) is 11.3 Å². The summed E-state index contributed by atoms with van der Waals surface area (Å²) in [6, 6.07) is 4.01. The van der Waals surface area contributed by atoms with Gasteiger partial charge in [0.1, 0.15) is 11.6 Å². The standard InChI is InChI=1S/C18H23F2NO/c1-18(9-10-18)17(22)21-11-3-4-13(12-21)7-8-14-15(19)5-2-6-16(14)20/h2,5-6,13H,3-4,7-12H2,1H3. The highest BCUT2D eigenvalue weighted by Crippen LogP contribution is 2.47. The molecule has 1 amide bonds. The van der Waals surface area contributed by atoms with E-state index in [0.29, 0.717) is 12.3 Å². The number of hydrogen-bond acceptors (Lipinski definition) is 1. The Bertz CT molecular complexity index is 548. The van der Waals surface area contributed by atoms with E-state index in [1.54, 1.807) is 0 Å². The van der Waals surface area contributed by atoms with Gasteiger partial charge in [0.15, 0.2) is 0 Å². The summed E-state index contributed by atoms with van der Waals surface area (Å²) in [6.45, 7) is 3.61. The van der Waals surface area contributed by atoms with Gasteiger partial charge in [-0.15, -0.1) is 0 Å². The van der Waals surface area contributed by atoms with Gasteiger partial charge in [-0.3, -0.25) is 4.79 Å². The van der Waals surface area contributed by atoms with Crippen molar-refractivity contribution in [1.29, 1.82) is 0 Å². The van der Waals surface area contributed by atoms with E-state index < -0.39 is 11.6 Å². The average molecular weight is 307 g/mol. The minimum atomic E-state index is -0.464. The topological polar surface area (TPSA) is 20.3 Å². The van der Waals surface area contributed by atoms with Crippen LogP contribution >= 0.6 is 0 Å². The quantitative estimate of drug-likeness (QED) is 0.825. The van der Waals surface area contributed by atoms with Crippen molar-refractivity contribution in [2.75, 3.05) is 13.1 Å². The van der Waals surface area contributed by atoms with Crippen molar-refractivity contribution >= 4 is 5.91 Å². The van der Waals surface area contributed by atoms with Crippen molar-refractivity contribution in [1.82, 2.24) is 4.90 Å². The molecule has 1 aromatic carbocycles. The van der Waals surface area contributed by atoms with Gasteiger partial charge in [-0.05, 0) is 56.6 Å². The summed E-state index contributed by atoms with van der Waals surface area (Å²) in [5, 5.41) is 0. The highest BCUT2D eigenvalue weighted by molar-refractivity contribution is 5.85. The molecule has 1 atom stereocenters. The fraction of sp³-hybridized carbons (Fsp3) is 0.611. The molecule has 120 valence electrons. The lowest BCUT2D eigenvalue weighted by molar-refractivity contribution is -0.138. The van der Waals surface area contributed by atoms with Gasteiger partial charge in [-0.2, -0.15) is 0 Å². The molecular weight excluding hydrogens is 284 g/mol. The van der Waals surface area contributed by atoms with E-state index in [1.807, 2.05) is 11.8 Å². The second-order valence-corrected chi connectivity index (χ2v) is 7.06. The lowest BCUT2D eigenvalue weighted by Crippen LogP contribution is -2.43. The zero-order chi connectivity index (χ0) is 15.7. The minimum Gasteiger partial charge on any atom is -0.342 e. The lowest BCUT2D eigenvalue weighted by atomic mass is 9.90. The Morgan fingerprint density at radius 2 is 2.00 bits per heavy atom. The second kappa shape index (κ2) is 5.98.